The third-order valence-electron chi connectivity index (χ3n) is 17.3. The smallest absolute Gasteiger partial charge is 0.314 e. The van der Waals surface area contributed by atoms with Crippen molar-refractivity contribution in [1.82, 2.24) is 0 Å². The van der Waals surface area contributed by atoms with Crippen molar-refractivity contribution in [2.24, 2.45) is 28.1 Å². The summed E-state index contributed by atoms with van der Waals surface area (Å²) >= 11 is 0. The van der Waals surface area contributed by atoms with Crippen molar-refractivity contribution in [3.8, 4) is 0 Å². The van der Waals surface area contributed by atoms with Crippen LogP contribution >= 0.6 is 0 Å². The molecule has 14 N–H and O–H groups in total. The largest absolute Gasteiger partial charge is 0.481 e. The molecule has 4 heterocycles. The Morgan fingerprint density at radius 1 is 0.690 bits per heavy atom. The molecule has 4 saturated carbocycles. The highest BCUT2D eigenvalue weighted by atomic mass is 16.8. The highest BCUT2D eigenvalue weighted by Crippen LogP contribution is 2.74. The topological polar surface area (TPSA) is 400 Å². The van der Waals surface area contributed by atoms with Crippen molar-refractivity contribution < 1.29 is 124 Å². The molecule has 1 spiro atoms. The Morgan fingerprint density at radius 3 is 1.96 bits per heavy atom. The number of rotatable bonds is 15. The lowest BCUT2D eigenvalue weighted by Gasteiger charge is -2.64. The van der Waals surface area contributed by atoms with Gasteiger partial charge in [0, 0.05) is 0 Å². The first-order chi connectivity index (χ1) is 33.4. The van der Waals surface area contributed by atoms with Crippen LogP contribution in [0.5, 0.6) is 0 Å². The molecule has 25 nitrogen and oxygen atoms in total. The molecule has 25 heteroatoms. The number of aliphatic carboxylic acids is 1. The molecular formula is C46H72O25. The minimum atomic E-state index is -1.94. The minimum Gasteiger partial charge on any atom is -0.481 e. The molecule has 12 unspecified atom stereocenters. The first-order valence-electron chi connectivity index (χ1n) is 24.4. The minimum absolute atomic E-state index is 0.00305. The molecule has 8 fully saturated rings. The van der Waals surface area contributed by atoms with E-state index in [1.165, 1.54) is 0 Å². The summed E-state index contributed by atoms with van der Waals surface area (Å²) in [5, 5.41) is 147. The molecule has 0 aromatic carbocycles. The number of aliphatic hydroxyl groups is 13. The summed E-state index contributed by atoms with van der Waals surface area (Å²) in [7, 11) is 0. The van der Waals surface area contributed by atoms with Gasteiger partial charge < -0.3 is 114 Å². The van der Waals surface area contributed by atoms with E-state index in [1.54, 1.807) is 0 Å². The van der Waals surface area contributed by atoms with Crippen LogP contribution in [0.3, 0.4) is 0 Å². The zero-order chi connectivity index (χ0) is 51.7. The lowest BCUT2D eigenvalue weighted by molar-refractivity contribution is -0.395. The maximum absolute atomic E-state index is 14.5. The molecule has 4 saturated heterocycles. The van der Waals surface area contributed by atoms with Gasteiger partial charge in [-0.1, -0.05) is 19.9 Å². The van der Waals surface area contributed by atoms with Gasteiger partial charge in [0.05, 0.1) is 43.9 Å². The Bertz CT molecular complexity index is 1900. The SMILES string of the molecule is C=C1C[C@@]23CC[C@H]4[C@@](C)(CCC[C@@]4(C)C(=O)O[C@@H]4OC(COC(O)CC(=O)O)[C@@H](O)C(O)C4O)[C@@H]2CC[C@]1(O[C@@H]1OC(CO)[C@@H](O)C(O[C@@H]2OC(CO)[C@@H](O)C(O)C2O)C1O[C@@H]1OC[C@@H](O)C(O)C1O)C3. The third-order valence-corrected chi connectivity index (χ3v) is 17.3. The summed E-state index contributed by atoms with van der Waals surface area (Å²) in [6, 6.07) is 0. The van der Waals surface area contributed by atoms with Crippen molar-refractivity contribution in [2.75, 3.05) is 26.4 Å². The molecule has 8 rings (SSSR count). The number of carboxylic acids is 1. The number of aliphatic hydroxyl groups excluding tert-OH is 13. The molecule has 8 aliphatic rings. The van der Waals surface area contributed by atoms with Crippen molar-refractivity contribution in [3.63, 3.8) is 0 Å². The van der Waals surface area contributed by atoms with Gasteiger partial charge in [0.25, 0.3) is 0 Å². The van der Waals surface area contributed by atoms with Crippen LogP contribution in [0.2, 0.25) is 0 Å². The van der Waals surface area contributed by atoms with Crippen molar-refractivity contribution in [2.45, 2.75) is 207 Å². The maximum Gasteiger partial charge on any atom is 0.314 e. The number of esters is 1. The fourth-order valence-corrected chi connectivity index (χ4v) is 13.6. The Balaban J connectivity index is 1.02. The number of carboxylic acid groups (broad SMARTS) is 1. The highest BCUT2D eigenvalue weighted by Gasteiger charge is 2.70. The first-order valence-corrected chi connectivity index (χ1v) is 24.4. The third kappa shape index (κ3) is 9.96. The van der Waals surface area contributed by atoms with Gasteiger partial charge in [-0.15, -0.1) is 0 Å². The second-order valence-electron chi connectivity index (χ2n) is 21.6. The van der Waals surface area contributed by atoms with Crippen molar-refractivity contribution in [3.05, 3.63) is 12.2 Å². The van der Waals surface area contributed by atoms with E-state index in [-0.39, 0.29) is 11.8 Å². The predicted octanol–water partition coefficient (Wildman–Crippen LogP) is -4.66. The molecule has 4 aliphatic heterocycles. The van der Waals surface area contributed by atoms with E-state index in [0.29, 0.717) is 56.9 Å². The Kier molecular flexibility index (Phi) is 16.4. The highest BCUT2D eigenvalue weighted by molar-refractivity contribution is 5.77. The van der Waals surface area contributed by atoms with Gasteiger partial charge in [0.15, 0.2) is 25.2 Å². The average Bonchev–Trinajstić information content (AvgIpc) is 3.52. The zero-order valence-electron chi connectivity index (χ0n) is 39.6. The lowest BCUT2D eigenvalue weighted by Crippen LogP contribution is -2.67. The predicted molar refractivity (Wildman–Crippen MR) is 230 cm³/mol. The van der Waals surface area contributed by atoms with Crippen LogP contribution in [0.25, 0.3) is 0 Å². The molecule has 0 radical (unpaired) electrons. The second-order valence-corrected chi connectivity index (χ2v) is 21.6. The Morgan fingerprint density at radius 2 is 1.28 bits per heavy atom. The second kappa shape index (κ2) is 21.1. The molecule has 406 valence electrons. The molecule has 71 heavy (non-hydrogen) atoms. The molecule has 2 bridgehead atoms. The van der Waals surface area contributed by atoms with E-state index in [9.17, 15) is 76.0 Å². The van der Waals surface area contributed by atoms with E-state index in [0.717, 1.165) is 6.42 Å². The van der Waals surface area contributed by atoms with Gasteiger partial charge in [0.2, 0.25) is 6.29 Å². The van der Waals surface area contributed by atoms with Crippen molar-refractivity contribution >= 4 is 11.9 Å². The quantitative estimate of drug-likeness (QED) is 0.0317. The number of fused-ring (bicyclic) bond motifs is 3. The van der Waals surface area contributed by atoms with Gasteiger partial charge in [0.1, 0.15) is 91.6 Å². The summed E-state index contributed by atoms with van der Waals surface area (Å²) < 4.78 is 53.4. The fraction of sp³-hybridized carbons (Fsp3) is 0.913. The lowest BCUT2D eigenvalue weighted by atomic mass is 9.41. The number of ether oxygens (including phenoxy) is 9. The van der Waals surface area contributed by atoms with Crippen LogP contribution in [-0.2, 0) is 52.2 Å². The molecule has 0 aromatic heterocycles. The average molecular weight is 1030 g/mol. The van der Waals surface area contributed by atoms with Gasteiger partial charge in [-0.3, -0.25) is 9.59 Å². The van der Waals surface area contributed by atoms with Crippen LogP contribution < -0.4 is 0 Å². The number of carbonyl (C=O) groups excluding carboxylic acids is 1. The van der Waals surface area contributed by atoms with Gasteiger partial charge in [-0.2, -0.15) is 0 Å². The van der Waals surface area contributed by atoms with E-state index < -0.39 is 190 Å². The molecule has 0 amide bonds. The summed E-state index contributed by atoms with van der Waals surface area (Å²) in [5.74, 6) is -2.30. The van der Waals surface area contributed by atoms with Crippen LogP contribution in [0.4, 0.5) is 0 Å². The van der Waals surface area contributed by atoms with Crippen LogP contribution in [0, 0.1) is 28.1 Å². The summed E-state index contributed by atoms with van der Waals surface area (Å²) in [6.45, 7) is 5.81. The molecule has 26 atom stereocenters. The molecular weight excluding hydrogens is 952 g/mol. The van der Waals surface area contributed by atoms with E-state index >= 15 is 0 Å². The van der Waals surface area contributed by atoms with Gasteiger partial charge >= 0.3 is 11.9 Å². The van der Waals surface area contributed by atoms with E-state index in [2.05, 4.69) is 13.5 Å². The first kappa shape index (κ1) is 55.1. The Hall–Kier alpha value is -2.16. The number of hydrogen-bond donors (Lipinski definition) is 14. The van der Waals surface area contributed by atoms with E-state index in [1.807, 2.05) is 6.92 Å². The summed E-state index contributed by atoms with van der Waals surface area (Å²) in [6.07, 6.45) is -30.1. The zero-order valence-corrected chi connectivity index (χ0v) is 39.6. The van der Waals surface area contributed by atoms with Crippen LogP contribution in [0.1, 0.15) is 78.1 Å². The number of carbonyl (C=O) groups is 2. The maximum atomic E-state index is 14.5. The van der Waals surface area contributed by atoms with Crippen molar-refractivity contribution in [1.29, 1.82) is 0 Å². The summed E-state index contributed by atoms with van der Waals surface area (Å²) in [5.41, 5.74) is -2.45. The van der Waals surface area contributed by atoms with Gasteiger partial charge in [-0.05, 0) is 86.5 Å². The van der Waals surface area contributed by atoms with Gasteiger partial charge in [-0.25, -0.2) is 0 Å². The molecule has 0 aromatic rings. The fourth-order valence-electron chi connectivity index (χ4n) is 13.6. The monoisotopic (exact) mass is 1020 g/mol. The van der Waals surface area contributed by atoms with E-state index in [4.69, 9.17) is 47.7 Å². The van der Waals surface area contributed by atoms with Crippen LogP contribution in [0.15, 0.2) is 12.2 Å². The summed E-state index contributed by atoms with van der Waals surface area (Å²) in [4.78, 5) is 25.5. The molecule has 4 aliphatic carbocycles. The van der Waals surface area contributed by atoms with Crippen LogP contribution in [-0.4, -0.2) is 238 Å². The Labute approximate surface area is 408 Å². The standard InChI is InChI=1S/C46H72O25/c1-18-12-45-9-5-23-43(2,7-4-8-44(23,3)42(62)70-40-35(61)32(58)29(55)22(67-40)16-63-26(52)11-25(50)51)24(45)6-10-46(18,17-45)71-41-37(69-38-33(59)27(53)19(49)15-64-38)36(30(56)21(14-48)66-41)68-39-34(60)31(57)28(54)20(13-47)65-39/h19-24,26-41,47-49,52-61H,1,4-17H2,2-3H3,(H,50,51)/t19-,20?,21?,22?,23+,24+,26?,27?,28-,29-,30-,31?,32?,33?,34?,35?,36?,37?,38+,39+,40+,41+,43-,44-,45-,46+/m1/s1. The normalized spacial score (nSPS) is 51.5. The number of hydrogen-bond acceptors (Lipinski definition) is 24.